The summed E-state index contributed by atoms with van der Waals surface area (Å²) in [5.74, 6) is -0.813. The first-order chi connectivity index (χ1) is 36.5. The van der Waals surface area contributed by atoms with E-state index in [1.54, 1.807) is 0 Å². The van der Waals surface area contributed by atoms with Crippen LogP contribution in [-0.4, -0.2) is 70.0 Å². The zero-order chi connectivity index (χ0) is 54.9. The molecule has 0 aliphatic carbocycles. The van der Waals surface area contributed by atoms with E-state index in [1.165, 1.54) is 257 Å². The molecule has 0 heterocycles. The summed E-state index contributed by atoms with van der Waals surface area (Å²) in [6, 6.07) is 0. The Morgan fingerprint density at radius 2 is 0.720 bits per heavy atom. The molecule has 2 unspecified atom stereocenters. The summed E-state index contributed by atoms with van der Waals surface area (Å²) < 4.78 is 34.2. The minimum Gasteiger partial charge on any atom is -0.756 e. The van der Waals surface area contributed by atoms with Crippen molar-refractivity contribution >= 4 is 19.8 Å². The molecule has 0 amide bonds. The highest BCUT2D eigenvalue weighted by Crippen LogP contribution is 2.38. The summed E-state index contributed by atoms with van der Waals surface area (Å²) >= 11 is 0. The van der Waals surface area contributed by atoms with E-state index in [-0.39, 0.29) is 32.0 Å². The van der Waals surface area contributed by atoms with Crippen molar-refractivity contribution in [3.63, 3.8) is 0 Å². The van der Waals surface area contributed by atoms with Crippen molar-refractivity contribution in [2.75, 3.05) is 47.5 Å². The van der Waals surface area contributed by atoms with Gasteiger partial charge in [0, 0.05) is 12.8 Å². The van der Waals surface area contributed by atoms with E-state index < -0.39 is 26.5 Å². The first kappa shape index (κ1) is 73.5. The summed E-state index contributed by atoms with van der Waals surface area (Å²) in [5, 5.41) is 0. The van der Waals surface area contributed by atoms with Gasteiger partial charge in [-0.2, -0.15) is 0 Å². The lowest BCUT2D eigenvalue weighted by Crippen LogP contribution is -2.37. The molecule has 0 rings (SSSR count). The van der Waals surface area contributed by atoms with Gasteiger partial charge in [-0.3, -0.25) is 14.2 Å². The summed E-state index contributed by atoms with van der Waals surface area (Å²) in [5.41, 5.74) is 0. The molecule has 444 valence electrons. The molecule has 0 aromatic carbocycles. The zero-order valence-corrected chi connectivity index (χ0v) is 51.4. The number of phosphoric acid groups is 1. The number of phosphoric ester groups is 1. The molecule has 0 fully saturated rings. The molecule has 0 saturated carbocycles. The van der Waals surface area contributed by atoms with Gasteiger partial charge in [0.15, 0.2) is 6.10 Å². The van der Waals surface area contributed by atoms with Gasteiger partial charge >= 0.3 is 11.9 Å². The second-order valence-corrected chi connectivity index (χ2v) is 24.9. The molecule has 0 aliphatic rings. The number of carbonyl (C=O) groups is 2. The van der Waals surface area contributed by atoms with Gasteiger partial charge in [-0.1, -0.05) is 295 Å². The first-order valence-corrected chi connectivity index (χ1v) is 34.0. The molecule has 10 heteroatoms. The van der Waals surface area contributed by atoms with Crippen LogP contribution in [0.25, 0.3) is 0 Å². The lowest BCUT2D eigenvalue weighted by Gasteiger charge is -2.28. The second-order valence-electron chi connectivity index (χ2n) is 23.5. The Bertz CT molecular complexity index is 1320. The van der Waals surface area contributed by atoms with E-state index in [2.05, 4.69) is 38.2 Å². The number of hydrogen-bond acceptors (Lipinski definition) is 8. The molecule has 2 atom stereocenters. The van der Waals surface area contributed by atoms with E-state index >= 15 is 0 Å². The Hall–Kier alpha value is -1.51. The third-order valence-corrected chi connectivity index (χ3v) is 15.7. The van der Waals surface area contributed by atoms with E-state index in [1.807, 2.05) is 21.1 Å². The van der Waals surface area contributed by atoms with Crippen molar-refractivity contribution in [1.82, 2.24) is 0 Å². The van der Waals surface area contributed by atoms with Gasteiger partial charge in [0.1, 0.15) is 19.8 Å². The molecule has 0 aromatic heterocycles. The van der Waals surface area contributed by atoms with Gasteiger partial charge in [-0.25, -0.2) is 0 Å². The lowest BCUT2D eigenvalue weighted by molar-refractivity contribution is -0.870. The monoisotopic (exact) mass is 1080 g/mol. The largest absolute Gasteiger partial charge is 0.756 e. The first-order valence-electron chi connectivity index (χ1n) is 32.5. The molecule has 0 aromatic rings. The van der Waals surface area contributed by atoms with Gasteiger partial charge in [-0.05, 0) is 44.9 Å². The normalized spacial score (nSPS) is 13.3. The molecular weight excluding hydrogens is 954 g/mol. The van der Waals surface area contributed by atoms with Crippen LogP contribution in [0.15, 0.2) is 24.3 Å². The number of nitrogens with zero attached hydrogens (tertiary/aromatic N) is 1. The molecule has 0 N–H and O–H groups in total. The lowest BCUT2D eigenvalue weighted by atomic mass is 10.0. The summed E-state index contributed by atoms with van der Waals surface area (Å²) in [6.45, 7) is 4.28. The predicted molar refractivity (Wildman–Crippen MR) is 319 cm³/mol. The molecule has 0 bridgehead atoms. The van der Waals surface area contributed by atoms with Crippen LogP contribution < -0.4 is 4.89 Å². The topological polar surface area (TPSA) is 111 Å². The van der Waals surface area contributed by atoms with Crippen LogP contribution >= 0.6 is 7.82 Å². The van der Waals surface area contributed by atoms with E-state index in [4.69, 9.17) is 18.5 Å². The number of unbranched alkanes of at least 4 members (excludes halogenated alkanes) is 43. The maximum absolute atomic E-state index is 12.8. The maximum atomic E-state index is 12.8. The van der Waals surface area contributed by atoms with Gasteiger partial charge < -0.3 is 27.9 Å². The highest BCUT2D eigenvalue weighted by atomic mass is 31.2. The van der Waals surface area contributed by atoms with Gasteiger partial charge in [0.05, 0.1) is 27.7 Å². The second kappa shape index (κ2) is 57.2. The Labute approximate surface area is 466 Å². The number of rotatable bonds is 61. The highest BCUT2D eigenvalue weighted by Gasteiger charge is 2.22. The van der Waals surface area contributed by atoms with Crippen LogP contribution in [0.4, 0.5) is 0 Å². The van der Waals surface area contributed by atoms with Crippen molar-refractivity contribution in [1.29, 1.82) is 0 Å². The van der Waals surface area contributed by atoms with Crippen molar-refractivity contribution in [2.45, 2.75) is 335 Å². The quantitative estimate of drug-likeness (QED) is 0.0195. The Kier molecular flexibility index (Phi) is 56.0. The van der Waals surface area contributed by atoms with Crippen LogP contribution in [-0.2, 0) is 32.7 Å². The molecule has 0 spiro atoms. The minimum absolute atomic E-state index is 0.0265. The molecule has 0 radical (unpaired) electrons. The van der Waals surface area contributed by atoms with Gasteiger partial charge in [0.2, 0.25) is 0 Å². The highest BCUT2D eigenvalue weighted by molar-refractivity contribution is 7.45. The SMILES string of the molecule is CCCCCCC/C=C\C/C=C\CCCCCCCCCCCCCCCCCCCCCCCCCCCC(=O)OC(COC(=O)CCCCCCCCCCCCCCCC)COP(=O)([O-])OCC[N+](C)(C)C. The fourth-order valence-electron chi connectivity index (χ4n) is 9.69. The fraction of sp³-hybridized carbons (Fsp3) is 0.908. The van der Waals surface area contributed by atoms with Crippen LogP contribution in [0.1, 0.15) is 328 Å². The number of likely N-dealkylation sites (N-methyl/N-ethyl adjacent to an activating group) is 1. The summed E-state index contributed by atoms with van der Waals surface area (Å²) in [4.78, 5) is 37.9. The third-order valence-electron chi connectivity index (χ3n) is 14.7. The van der Waals surface area contributed by atoms with Gasteiger partial charge in [0.25, 0.3) is 7.82 Å². The Morgan fingerprint density at radius 1 is 0.413 bits per heavy atom. The third kappa shape index (κ3) is 61.6. The molecule has 9 nitrogen and oxygen atoms in total. The summed E-state index contributed by atoms with van der Waals surface area (Å²) in [7, 11) is 1.19. The number of ether oxygens (including phenoxy) is 2. The van der Waals surface area contributed by atoms with Crippen molar-refractivity contribution in [3.8, 4) is 0 Å². The average molecular weight is 1080 g/mol. The molecule has 75 heavy (non-hydrogen) atoms. The van der Waals surface area contributed by atoms with Crippen LogP contribution in [0.2, 0.25) is 0 Å². The van der Waals surface area contributed by atoms with Crippen molar-refractivity contribution < 1.29 is 42.1 Å². The van der Waals surface area contributed by atoms with E-state index in [0.29, 0.717) is 17.4 Å². The van der Waals surface area contributed by atoms with Crippen molar-refractivity contribution in [2.24, 2.45) is 0 Å². The van der Waals surface area contributed by atoms with Gasteiger partial charge in [-0.15, -0.1) is 0 Å². The zero-order valence-electron chi connectivity index (χ0n) is 50.5. The predicted octanol–water partition coefficient (Wildman–Crippen LogP) is 19.9. The van der Waals surface area contributed by atoms with Crippen LogP contribution in [0.5, 0.6) is 0 Å². The average Bonchev–Trinajstić information content (AvgIpc) is 3.37. The van der Waals surface area contributed by atoms with E-state index in [0.717, 1.165) is 38.5 Å². The van der Waals surface area contributed by atoms with Crippen LogP contribution in [0, 0.1) is 0 Å². The Morgan fingerprint density at radius 3 is 1.05 bits per heavy atom. The molecule has 0 saturated heterocycles. The van der Waals surface area contributed by atoms with Crippen LogP contribution in [0.3, 0.4) is 0 Å². The number of quaternary nitrogens is 1. The number of carbonyl (C=O) groups excluding carboxylic acids is 2. The number of allylic oxidation sites excluding steroid dienone is 4. The smallest absolute Gasteiger partial charge is 0.306 e. The van der Waals surface area contributed by atoms with Crippen molar-refractivity contribution in [3.05, 3.63) is 24.3 Å². The van der Waals surface area contributed by atoms with E-state index in [9.17, 15) is 19.0 Å². The standard InChI is InChI=1S/C65H126NO8P/c1-6-8-10-12-14-16-18-20-22-23-24-25-26-27-28-29-30-31-32-33-34-35-36-37-38-39-40-41-42-43-44-46-48-50-52-54-56-58-65(68)74-63(62-73-75(69,70)72-60-59-66(3,4)5)61-71-64(67)57-55-53-51-49-47-45-21-19-17-15-13-11-9-7-2/h18,20,23-24,63H,6-17,19,21-22,25-62H2,1-5H3/b20-18-,24-23-. The summed E-state index contributed by atoms with van der Waals surface area (Å²) in [6.07, 6.45) is 69.8. The molecule has 0 aliphatic heterocycles. The number of esters is 2. The number of hydrogen-bond donors (Lipinski definition) is 0. The fourth-order valence-corrected chi connectivity index (χ4v) is 10.4. The minimum atomic E-state index is -4.63. The Balaban J connectivity index is 3.89. The molecular formula is C65H126NO8P. The maximum Gasteiger partial charge on any atom is 0.306 e.